The van der Waals surface area contributed by atoms with E-state index < -0.39 is 0 Å². The van der Waals surface area contributed by atoms with Gasteiger partial charge in [0.05, 0.1) is 6.10 Å². The number of aliphatic imine (C=N–C) groups is 1. The van der Waals surface area contributed by atoms with Gasteiger partial charge >= 0.3 is 0 Å². The fourth-order valence-corrected chi connectivity index (χ4v) is 5.08. The van der Waals surface area contributed by atoms with Gasteiger partial charge < -0.3 is 15.4 Å². The molecule has 0 amide bonds. The third-order valence-corrected chi connectivity index (χ3v) is 7.00. The van der Waals surface area contributed by atoms with Crippen molar-refractivity contribution in [3.63, 3.8) is 0 Å². The van der Waals surface area contributed by atoms with Crippen LogP contribution in [0.15, 0.2) is 4.99 Å². The van der Waals surface area contributed by atoms with Crippen LogP contribution in [0.5, 0.6) is 0 Å². The molecule has 1 heterocycles. The quantitative estimate of drug-likeness (QED) is 0.596. The van der Waals surface area contributed by atoms with Crippen molar-refractivity contribution in [2.24, 2.45) is 16.3 Å². The Hall–Kier alpha value is -0.810. The van der Waals surface area contributed by atoms with Crippen molar-refractivity contribution in [3.05, 3.63) is 0 Å². The van der Waals surface area contributed by atoms with Gasteiger partial charge in [0.25, 0.3) is 0 Å². The molecule has 2 N–H and O–H groups in total. The third-order valence-electron chi connectivity index (χ3n) is 7.00. The van der Waals surface area contributed by atoms with Crippen molar-refractivity contribution >= 4 is 5.96 Å². The lowest BCUT2D eigenvalue weighted by Gasteiger charge is -2.61. The zero-order chi connectivity index (χ0) is 16.7. The Labute approximate surface area is 146 Å². The smallest absolute Gasteiger partial charge is 0.191 e. The van der Waals surface area contributed by atoms with E-state index in [1.54, 1.807) is 0 Å². The summed E-state index contributed by atoms with van der Waals surface area (Å²) in [5.74, 6) is 1.69. The molecule has 5 nitrogen and oxygen atoms in total. The van der Waals surface area contributed by atoms with Gasteiger partial charge in [-0.2, -0.15) is 0 Å². The zero-order valence-corrected chi connectivity index (χ0v) is 15.6. The number of ether oxygens (including phenoxy) is 1. The molecule has 3 aliphatic carbocycles. The van der Waals surface area contributed by atoms with E-state index in [2.05, 4.69) is 34.4 Å². The average molecular weight is 335 g/mol. The minimum atomic E-state index is 0.384. The molecule has 0 aromatic carbocycles. The maximum Gasteiger partial charge on any atom is 0.191 e. The van der Waals surface area contributed by atoms with Crippen molar-refractivity contribution in [1.82, 2.24) is 15.5 Å². The normalized spacial score (nSPS) is 38.7. The molecule has 0 bridgehead atoms. The van der Waals surface area contributed by atoms with E-state index in [1.165, 1.54) is 45.2 Å². The maximum absolute atomic E-state index is 5.97. The SMILES string of the molecule is CCOC1CC(NC(=NC)NC2CN(C3CC3)CC2C)C12CCC2. The van der Waals surface area contributed by atoms with Gasteiger partial charge in [0, 0.05) is 50.3 Å². The molecule has 4 rings (SSSR count). The fraction of sp³-hybridized carbons (Fsp3) is 0.947. The minimum absolute atomic E-state index is 0.384. The molecule has 0 aromatic heterocycles. The lowest BCUT2D eigenvalue weighted by Crippen LogP contribution is -2.69. The molecule has 0 radical (unpaired) electrons. The molecule has 1 saturated heterocycles. The number of rotatable bonds is 5. The first-order chi connectivity index (χ1) is 11.7. The Kier molecular flexibility index (Phi) is 4.50. The summed E-state index contributed by atoms with van der Waals surface area (Å²) in [6, 6.07) is 1.92. The highest BCUT2D eigenvalue weighted by atomic mass is 16.5. The number of hydrogen-bond acceptors (Lipinski definition) is 3. The lowest BCUT2D eigenvalue weighted by molar-refractivity contribution is -0.168. The van der Waals surface area contributed by atoms with Gasteiger partial charge in [-0.1, -0.05) is 13.3 Å². The van der Waals surface area contributed by atoms with Crippen molar-refractivity contribution in [1.29, 1.82) is 0 Å². The molecular weight excluding hydrogens is 300 g/mol. The largest absolute Gasteiger partial charge is 0.378 e. The lowest BCUT2D eigenvalue weighted by atomic mass is 9.51. The van der Waals surface area contributed by atoms with Crippen LogP contribution >= 0.6 is 0 Å². The first-order valence-electron chi connectivity index (χ1n) is 10.0. The van der Waals surface area contributed by atoms with Crippen LogP contribution in [0.1, 0.15) is 52.4 Å². The molecule has 1 spiro atoms. The molecule has 5 heteroatoms. The summed E-state index contributed by atoms with van der Waals surface area (Å²) in [7, 11) is 1.90. The predicted octanol–water partition coefficient (Wildman–Crippen LogP) is 1.98. The second kappa shape index (κ2) is 6.49. The highest BCUT2D eigenvalue weighted by molar-refractivity contribution is 5.80. The first kappa shape index (κ1) is 16.6. The van der Waals surface area contributed by atoms with Crippen LogP contribution in [-0.2, 0) is 4.74 Å². The summed E-state index contributed by atoms with van der Waals surface area (Å²) < 4.78 is 5.97. The zero-order valence-electron chi connectivity index (χ0n) is 15.6. The van der Waals surface area contributed by atoms with E-state index in [4.69, 9.17) is 4.74 Å². The van der Waals surface area contributed by atoms with Gasteiger partial charge in [-0.25, -0.2) is 0 Å². The van der Waals surface area contributed by atoms with Crippen LogP contribution in [0.2, 0.25) is 0 Å². The Bertz CT molecular complexity index is 486. The molecule has 3 saturated carbocycles. The Morgan fingerprint density at radius 3 is 2.62 bits per heavy atom. The number of nitrogens with zero attached hydrogens (tertiary/aromatic N) is 2. The summed E-state index contributed by atoms with van der Waals surface area (Å²) >= 11 is 0. The van der Waals surface area contributed by atoms with Gasteiger partial charge in [0.15, 0.2) is 5.96 Å². The number of likely N-dealkylation sites (tertiary alicyclic amines) is 1. The van der Waals surface area contributed by atoms with Crippen LogP contribution in [-0.4, -0.2) is 61.8 Å². The molecule has 136 valence electrons. The summed E-state index contributed by atoms with van der Waals surface area (Å²) in [4.78, 5) is 7.19. The molecular formula is C19H34N4O. The van der Waals surface area contributed by atoms with Crippen LogP contribution in [0.3, 0.4) is 0 Å². The monoisotopic (exact) mass is 334 g/mol. The predicted molar refractivity (Wildman–Crippen MR) is 97.3 cm³/mol. The fourth-order valence-electron chi connectivity index (χ4n) is 5.08. The van der Waals surface area contributed by atoms with E-state index in [1.807, 2.05) is 7.05 Å². The molecule has 0 aromatic rings. The van der Waals surface area contributed by atoms with E-state index in [9.17, 15) is 0 Å². The summed E-state index contributed by atoms with van der Waals surface area (Å²) in [6.45, 7) is 7.72. The van der Waals surface area contributed by atoms with Crippen molar-refractivity contribution in [3.8, 4) is 0 Å². The van der Waals surface area contributed by atoms with Crippen LogP contribution in [0.4, 0.5) is 0 Å². The second-order valence-electron chi connectivity index (χ2n) is 8.45. The molecule has 4 unspecified atom stereocenters. The van der Waals surface area contributed by atoms with E-state index in [-0.39, 0.29) is 0 Å². The molecule has 24 heavy (non-hydrogen) atoms. The summed E-state index contributed by atoms with van der Waals surface area (Å²) in [6.07, 6.45) is 8.35. The maximum atomic E-state index is 5.97. The van der Waals surface area contributed by atoms with Crippen molar-refractivity contribution < 1.29 is 4.74 Å². The Balaban J connectivity index is 1.32. The average Bonchev–Trinajstić information content (AvgIpc) is 3.28. The topological polar surface area (TPSA) is 48.9 Å². The van der Waals surface area contributed by atoms with Crippen LogP contribution in [0.25, 0.3) is 0 Å². The standard InChI is InChI=1S/C19H34N4O/c1-4-24-17-10-16(19(17)8-5-9-19)22-18(20-3)21-15-12-23(11-13(15)2)14-6-7-14/h13-17H,4-12H2,1-3H3,(H2,20,21,22). The van der Waals surface area contributed by atoms with E-state index in [0.29, 0.717) is 29.5 Å². The Morgan fingerprint density at radius 2 is 2.04 bits per heavy atom. The summed E-state index contributed by atoms with van der Waals surface area (Å²) in [5.41, 5.74) is 0.384. The van der Waals surface area contributed by atoms with Gasteiger partial charge in [0.2, 0.25) is 0 Å². The number of guanidine groups is 1. The first-order valence-corrected chi connectivity index (χ1v) is 10.0. The minimum Gasteiger partial charge on any atom is -0.378 e. The highest BCUT2D eigenvalue weighted by Crippen LogP contribution is 2.57. The molecule has 4 atom stereocenters. The summed E-state index contributed by atoms with van der Waals surface area (Å²) in [5, 5.41) is 7.45. The Morgan fingerprint density at radius 1 is 1.25 bits per heavy atom. The van der Waals surface area contributed by atoms with E-state index >= 15 is 0 Å². The molecule has 1 aliphatic heterocycles. The highest BCUT2D eigenvalue weighted by Gasteiger charge is 2.59. The van der Waals surface area contributed by atoms with Crippen molar-refractivity contribution in [2.45, 2.75) is 76.6 Å². The van der Waals surface area contributed by atoms with Gasteiger partial charge in [0.1, 0.15) is 0 Å². The van der Waals surface area contributed by atoms with Gasteiger partial charge in [-0.3, -0.25) is 9.89 Å². The van der Waals surface area contributed by atoms with Gasteiger partial charge in [-0.05, 0) is 44.9 Å². The molecule has 4 fully saturated rings. The molecule has 4 aliphatic rings. The van der Waals surface area contributed by atoms with E-state index in [0.717, 1.165) is 25.0 Å². The number of hydrogen-bond donors (Lipinski definition) is 2. The van der Waals surface area contributed by atoms with Crippen molar-refractivity contribution in [2.75, 3.05) is 26.7 Å². The second-order valence-corrected chi connectivity index (χ2v) is 8.45. The van der Waals surface area contributed by atoms with Gasteiger partial charge in [-0.15, -0.1) is 0 Å². The van der Waals surface area contributed by atoms with Crippen LogP contribution < -0.4 is 10.6 Å². The number of nitrogens with one attached hydrogen (secondary N) is 2. The van der Waals surface area contributed by atoms with Crippen LogP contribution in [0, 0.1) is 11.3 Å². The third kappa shape index (κ3) is 2.84.